The Morgan fingerprint density at radius 2 is 2.29 bits per heavy atom. The van der Waals surface area contributed by atoms with Gasteiger partial charge in [-0.2, -0.15) is 0 Å². The summed E-state index contributed by atoms with van der Waals surface area (Å²) in [6.45, 7) is 2.06. The SMILES string of the molecule is Cc1ccc(CC2C=CC=C[CH+]2)nc1. The van der Waals surface area contributed by atoms with Crippen LogP contribution in [0.1, 0.15) is 11.3 Å². The van der Waals surface area contributed by atoms with Crippen molar-refractivity contribution in [1.82, 2.24) is 4.98 Å². The van der Waals surface area contributed by atoms with Gasteiger partial charge in [-0.05, 0) is 24.6 Å². The van der Waals surface area contributed by atoms with Gasteiger partial charge in [0.15, 0.2) is 0 Å². The predicted molar refractivity (Wildman–Crippen MR) is 58.7 cm³/mol. The number of hydrogen-bond donors (Lipinski definition) is 0. The molecule has 1 unspecified atom stereocenters. The van der Waals surface area contributed by atoms with Crippen LogP contribution in [-0.2, 0) is 6.42 Å². The Morgan fingerprint density at radius 3 is 2.93 bits per heavy atom. The van der Waals surface area contributed by atoms with Gasteiger partial charge < -0.3 is 0 Å². The molecule has 0 aromatic carbocycles. The molecule has 0 fully saturated rings. The third-order valence-corrected chi connectivity index (χ3v) is 2.36. The lowest BCUT2D eigenvalue weighted by Crippen LogP contribution is -2.04. The van der Waals surface area contributed by atoms with Crippen molar-refractivity contribution in [2.45, 2.75) is 13.3 Å². The highest BCUT2D eigenvalue weighted by molar-refractivity contribution is 5.22. The molecule has 1 aromatic heterocycles. The molecule has 0 bridgehead atoms. The van der Waals surface area contributed by atoms with Crippen molar-refractivity contribution in [3.63, 3.8) is 0 Å². The van der Waals surface area contributed by atoms with Gasteiger partial charge in [-0.3, -0.25) is 4.98 Å². The molecule has 0 N–H and O–H groups in total. The molecule has 70 valence electrons. The minimum atomic E-state index is 0.509. The second-order valence-corrected chi connectivity index (χ2v) is 3.66. The Balaban J connectivity index is 2.00. The quantitative estimate of drug-likeness (QED) is 0.644. The van der Waals surface area contributed by atoms with Crippen LogP contribution in [0.4, 0.5) is 0 Å². The lowest BCUT2D eigenvalue weighted by Gasteiger charge is -2.06. The predicted octanol–water partition coefficient (Wildman–Crippen LogP) is 2.88. The highest BCUT2D eigenvalue weighted by Gasteiger charge is 2.12. The molecule has 0 radical (unpaired) electrons. The van der Waals surface area contributed by atoms with E-state index in [1.807, 2.05) is 6.20 Å². The maximum Gasteiger partial charge on any atom is 0.0946 e. The van der Waals surface area contributed by atoms with Gasteiger partial charge in [0, 0.05) is 30.8 Å². The van der Waals surface area contributed by atoms with E-state index in [1.165, 1.54) is 5.56 Å². The summed E-state index contributed by atoms with van der Waals surface area (Å²) in [6.07, 6.45) is 13.6. The minimum Gasteiger partial charge on any atom is -0.261 e. The molecule has 1 heteroatoms. The first kappa shape index (κ1) is 9.07. The first-order valence-electron chi connectivity index (χ1n) is 4.94. The molecule has 1 nitrogen and oxygen atoms in total. The van der Waals surface area contributed by atoms with Crippen molar-refractivity contribution in [2.24, 2.45) is 5.92 Å². The van der Waals surface area contributed by atoms with Crippen molar-refractivity contribution in [1.29, 1.82) is 0 Å². The van der Waals surface area contributed by atoms with Gasteiger partial charge in [0.2, 0.25) is 0 Å². The Hall–Kier alpha value is -1.50. The highest BCUT2D eigenvalue weighted by Crippen LogP contribution is 2.15. The van der Waals surface area contributed by atoms with E-state index in [1.54, 1.807) is 0 Å². The number of hydrogen-bond acceptors (Lipinski definition) is 1. The zero-order chi connectivity index (χ0) is 9.80. The smallest absolute Gasteiger partial charge is 0.0946 e. The third-order valence-electron chi connectivity index (χ3n) is 2.36. The van der Waals surface area contributed by atoms with Crippen LogP contribution < -0.4 is 0 Å². The molecule has 14 heavy (non-hydrogen) atoms. The summed E-state index contributed by atoms with van der Waals surface area (Å²) in [4.78, 5) is 4.39. The van der Waals surface area contributed by atoms with E-state index in [9.17, 15) is 0 Å². The van der Waals surface area contributed by atoms with E-state index in [2.05, 4.69) is 54.8 Å². The second-order valence-electron chi connectivity index (χ2n) is 3.66. The van der Waals surface area contributed by atoms with Gasteiger partial charge >= 0.3 is 0 Å². The first-order valence-corrected chi connectivity index (χ1v) is 4.94. The lowest BCUT2D eigenvalue weighted by molar-refractivity contribution is 0.740. The van der Waals surface area contributed by atoms with E-state index in [0.717, 1.165) is 12.1 Å². The van der Waals surface area contributed by atoms with Gasteiger partial charge in [-0.25, -0.2) is 0 Å². The van der Waals surface area contributed by atoms with E-state index in [-0.39, 0.29) is 0 Å². The molecule has 0 saturated carbocycles. The number of aromatic nitrogens is 1. The van der Waals surface area contributed by atoms with Crippen LogP contribution in [0.5, 0.6) is 0 Å². The number of nitrogens with zero attached hydrogens (tertiary/aromatic N) is 1. The van der Waals surface area contributed by atoms with Gasteiger partial charge in [-0.1, -0.05) is 6.07 Å². The average molecular weight is 184 g/mol. The molecular formula is C13H14N+. The fourth-order valence-electron chi connectivity index (χ4n) is 1.54. The Bertz CT molecular complexity index is 346. The number of allylic oxidation sites excluding steroid dienone is 4. The molecule has 0 spiro atoms. The van der Waals surface area contributed by atoms with Crippen molar-refractivity contribution < 1.29 is 0 Å². The topological polar surface area (TPSA) is 12.9 Å². The Kier molecular flexibility index (Phi) is 2.68. The maximum atomic E-state index is 4.39. The summed E-state index contributed by atoms with van der Waals surface area (Å²) < 4.78 is 0. The van der Waals surface area contributed by atoms with E-state index in [0.29, 0.717) is 5.92 Å². The normalized spacial score (nSPS) is 19.4. The standard InChI is InChI=1S/C13H14N/c1-11-7-8-13(14-10-11)9-12-5-3-2-4-6-12/h2-8,10,12H,9H2,1H3/q+1. The first-order chi connectivity index (χ1) is 6.84. The van der Waals surface area contributed by atoms with Crippen LogP contribution in [0.3, 0.4) is 0 Å². The van der Waals surface area contributed by atoms with Crippen molar-refractivity contribution in [2.75, 3.05) is 0 Å². The van der Waals surface area contributed by atoms with Crippen LogP contribution in [-0.4, -0.2) is 4.98 Å². The van der Waals surface area contributed by atoms with Gasteiger partial charge in [0.05, 0.1) is 18.1 Å². The van der Waals surface area contributed by atoms with Crippen LogP contribution >= 0.6 is 0 Å². The minimum absolute atomic E-state index is 0.509. The number of rotatable bonds is 2. The van der Waals surface area contributed by atoms with E-state index in [4.69, 9.17) is 0 Å². The molecule has 0 amide bonds. The molecule has 0 saturated heterocycles. The maximum absolute atomic E-state index is 4.39. The van der Waals surface area contributed by atoms with Crippen molar-refractivity contribution in [3.8, 4) is 0 Å². The van der Waals surface area contributed by atoms with Crippen LogP contribution in [0.25, 0.3) is 0 Å². The van der Waals surface area contributed by atoms with E-state index < -0.39 is 0 Å². The van der Waals surface area contributed by atoms with Gasteiger partial charge in [0.1, 0.15) is 0 Å². The highest BCUT2D eigenvalue weighted by atomic mass is 14.7. The molecule has 1 aromatic rings. The summed E-state index contributed by atoms with van der Waals surface area (Å²) in [6, 6.07) is 4.22. The third kappa shape index (κ3) is 2.25. The summed E-state index contributed by atoms with van der Waals surface area (Å²) in [5.41, 5.74) is 2.38. The van der Waals surface area contributed by atoms with Crippen LogP contribution in [0.2, 0.25) is 0 Å². The van der Waals surface area contributed by atoms with Gasteiger partial charge in [-0.15, -0.1) is 0 Å². The molecule has 1 aliphatic carbocycles. The summed E-state index contributed by atoms with van der Waals surface area (Å²) in [5, 5.41) is 0. The zero-order valence-corrected chi connectivity index (χ0v) is 8.35. The molecule has 1 heterocycles. The lowest BCUT2D eigenvalue weighted by atomic mass is 9.95. The Labute approximate surface area is 85.2 Å². The average Bonchev–Trinajstić information content (AvgIpc) is 2.23. The van der Waals surface area contributed by atoms with Crippen molar-refractivity contribution in [3.05, 3.63) is 60.3 Å². The Morgan fingerprint density at radius 1 is 1.36 bits per heavy atom. The molecule has 2 rings (SSSR count). The number of aryl methyl sites for hydroxylation is 1. The molecule has 0 aliphatic heterocycles. The zero-order valence-electron chi connectivity index (χ0n) is 8.35. The molecule has 1 aliphatic rings. The summed E-state index contributed by atoms with van der Waals surface area (Å²) in [7, 11) is 0. The monoisotopic (exact) mass is 184 g/mol. The van der Waals surface area contributed by atoms with Crippen LogP contribution in [0.15, 0.2) is 42.6 Å². The second kappa shape index (κ2) is 4.14. The fraction of sp³-hybridized carbons (Fsp3) is 0.231. The van der Waals surface area contributed by atoms with Crippen LogP contribution in [0, 0.1) is 19.3 Å². The van der Waals surface area contributed by atoms with Crippen molar-refractivity contribution >= 4 is 0 Å². The van der Waals surface area contributed by atoms with E-state index >= 15 is 0 Å². The number of pyridine rings is 1. The van der Waals surface area contributed by atoms with Gasteiger partial charge in [0.25, 0.3) is 0 Å². The summed E-state index contributed by atoms with van der Waals surface area (Å²) in [5.74, 6) is 0.509. The fourth-order valence-corrected chi connectivity index (χ4v) is 1.54. The summed E-state index contributed by atoms with van der Waals surface area (Å²) >= 11 is 0. The molecular weight excluding hydrogens is 170 g/mol. The largest absolute Gasteiger partial charge is 0.261 e. The molecule has 1 atom stereocenters.